The molecule has 8 nitrogen and oxygen atoms in total. The molecule has 4 rings (SSSR count). The van der Waals surface area contributed by atoms with E-state index in [9.17, 15) is 9.90 Å². The summed E-state index contributed by atoms with van der Waals surface area (Å²) in [5.74, 6) is 1.24. The minimum Gasteiger partial charge on any atom is -0.491 e. The van der Waals surface area contributed by atoms with Gasteiger partial charge in [0.2, 0.25) is 0 Å². The van der Waals surface area contributed by atoms with E-state index in [1.807, 2.05) is 47.0 Å². The van der Waals surface area contributed by atoms with Crippen molar-refractivity contribution in [1.29, 1.82) is 0 Å². The number of aliphatic hydroxyl groups is 1. The first-order valence-corrected chi connectivity index (χ1v) is 11.8. The second-order valence-corrected chi connectivity index (χ2v) is 8.22. The SMILES string of the molecule is CCOC(=O)c1ccc(OCC(O)CSc2nnc(-c3ccncc3)n2-c2ccccc2)cc1. The molecular weight excluding hydrogens is 452 g/mol. The molecule has 4 aromatic rings. The number of para-hydroxylation sites is 1. The molecule has 2 aromatic heterocycles. The van der Waals surface area contributed by atoms with Crippen LogP contribution >= 0.6 is 11.8 Å². The molecule has 0 amide bonds. The predicted molar refractivity (Wildman–Crippen MR) is 129 cm³/mol. The molecule has 1 N–H and O–H groups in total. The summed E-state index contributed by atoms with van der Waals surface area (Å²) < 4.78 is 12.6. The zero-order chi connectivity index (χ0) is 23.8. The Morgan fingerprint density at radius 1 is 1.03 bits per heavy atom. The molecule has 1 atom stereocenters. The highest BCUT2D eigenvalue weighted by atomic mass is 32.2. The van der Waals surface area contributed by atoms with Crippen molar-refractivity contribution in [2.75, 3.05) is 19.0 Å². The monoisotopic (exact) mass is 476 g/mol. The molecule has 2 aromatic carbocycles. The van der Waals surface area contributed by atoms with Crippen LogP contribution in [0.1, 0.15) is 17.3 Å². The number of benzene rings is 2. The Hall–Kier alpha value is -3.69. The number of carbonyl (C=O) groups excluding carboxylic acids is 1. The van der Waals surface area contributed by atoms with Gasteiger partial charge in [-0.2, -0.15) is 0 Å². The van der Waals surface area contributed by atoms with Gasteiger partial charge in [-0.05, 0) is 55.5 Å². The molecule has 34 heavy (non-hydrogen) atoms. The number of aromatic nitrogens is 4. The third-order valence-electron chi connectivity index (χ3n) is 4.80. The number of hydrogen-bond donors (Lipinski definition) is 1. The second kappa shape index (κ2) is 11.4. The Morgan fingerprint density at radius 3 is 2.47 bits per heavy atom. The number of nitrogens with zero attached hydrogens (tertiary/aromatic N) is 4. The molecule has 0 aliphatic carbocycles. The van der Waals surface area contributed by atoms with Gasteiger partial charge in [-0.3, -0.25) is 9.55 Å². The summed E-state index contributed by atoms with van der Waals surface area (Å²) >= 11 is 1.39. The smallest absolute Gasteiger partial charge is 0.338 e. The number of pyridine rings is 1. The van der Waals surface area contributed by atoms with E-state index in [1.54, 1.807) is 43.6 Å². The van der Waals surface area contributed by atoms with Crippen molar-refractivity contribution in [2.24, 2.45) is 0 Å². The van der Waals surface area contributed by atoms with Gasteiger partial charge in [0.1, 0.15) is 12.4 Å². The van der Waals surface area contributed by atoms with Crippen LogP contribution in [0.4, 0.5) is 0 Å². The lowest BCUT2D eigenvalue weighted by Crippen LogP contribution is -2.20. The van der Waals surface area contributed by atoms with Gasteiger partial charge in [-0.25, -0.2) is 4.79 Å². The normalized spacial score (nSPS) is 11.7. The number of esters is 1. The van der Waals surface area contributed by atoms with Crippen molar-refractivity contribution in [3.63, 3.8) is 0 Å². The number of hydrogen-bond acceptors (Lipinski definition) is 8. The maximum absolute atomic E-state index is 11.7. The van der Waals surface area contributed by atoms with Gasteiger partial charge < -0.3 is 14.6 Å². The molecule has 174 valence electrons. The maximum atomic E-state index is 11.7. The molecule has 1 unspecified atom stereocenters. The van der Waals surface area contributed by atoms with Crippen molar-refractivity contribution in [3.8, 4) is 22.8 Å². The first kappa shape index (κ1) is 23.5. The molecule has 9 heteroatoms. The topological polar surface area (TPSA) is 99.4 Å². The van der Waals surface area contributed by atoms with Crippen LogP contribution in [-0.2, 0) is 4.74 Å². The van der Waals surface area contributed by atoms with Crippen LogP contribution < -0.4 is 4.74 Å². The molecule has 0 radical (unpaired) electrons. The summed E-state index contributed by atoms with van der Waals surface area (Å²) in [4.78, 5) is 15.8. The summed E-state index contributed by atoms with van der Waals surface area (Å²) in [7, 11) is 0. The lowest BCUT2D eigenvalue weighted by Gasteiger charge is -2.13. The average Bonchev–Trinajstić information content (AvgIpc) is 3.32. The van der Waals surface area contributed by atoms with E-state index in [1.165, 1.54) is 11.8 Å². The van der Waals surface area contributed by atoms with Crippen LogP contribution in [0.2, 0.25) is 0 Å². The van der Waals surface area contributed by atoms with Gasteiger partial charge >= 0.3 is 5.97 Å². The van der Waals surface area contributed by atoms with E-state index < -0.39 is 6.10 Å². The summed E-state index contributed by atoms with van der Waals surface area (Å²) in [5, 5.41) is 19.9. The van der Waals surface area contributed by atoms with E-state index in [-0.39, 0.29) is 12.6 Å². The largest absolute Gasteiger partial charge is 0.491 e. The van der Waals surface area contributed by atoms with Crippen molar-refractivity contribution in [2.45, 2.75) is 18.2 Å². The summed E-state index contributed by atoms with van der Waals surface area (Å²) in [6, 6.07) is 20.2. The Bertz CT molecular complexity index is 1200. The third kappa shape index (κ3) is 5.81. The molecule has 0 saturated carbocycles. The molecule has 0 aliphatic rings. The van der Waals surface area contributed by atoms with Crippen molar-refractivity contribution < 1.29 is 19.4 Å². The molecule has 0 spiro atoms. The van der Waals surface area contributed by atoms with Crippen LogP contribution in [-0.4, -0.2) is 55.9 Å². The van der Waals surface area contributed by atoms with Crippen molar-refractivity contribution in [1.82, 2.24) is 19.7 Å². The molecular formula is C25H24N4O4S. The molecule has 0 fully saturated rings. The first-order chi connectivity index (χ1) is 16.7. The van der Waals surface area contributed by atoms with Gasteiger partial charge in [-0.1, -0.05) is 30.0 Å². The fourth-order valence-electron chi connectivity index (χ4n) is 3.17. The zero-order valence-electron chi connectivity index (χ0n) is 18.6. The Morgan fingerprint density at radius 2 is 1.76 bits per heavy atom. The Labute approximate surface area is 201 Å². The standard InChI is InChI=1S/C25H24N4O4S/c1-2-32-24(31)19-8-10-22(11-9-19)33-16-21(30)17-34-25-28-27-23(18-12-14-26-15-13-18)29(25)20-6-4-3-5-7-20/h3-15,21,30H,2,16-17H2,1H3. The lowest BCUT2D eigenvalue weighted by molar-refractivity contribution is 0.0526. The van der Waals surface area contributed by atoms with Gasteiger partial charge in [-0.15, -0.1) is 10.2 Å². The van der Waals surface area contributed by atoms with Crippen LogP contribution in [0, 0.1) is 0 Å². The fourth-order valence-corrected chi connectivity index (χ4v) is 4.03. The van der Waals surface area contributed by atoms with Crippen LogP contribution in [0.15, 0.2) is 84.3 Å². The van der Waals surface area contributed by atoms with Gasteiger partial charge in [0.15, 0.2) is 11.0 Å². The van der Waals surface area contributed by atoms with Crippen LogP contribution in [0.5, 0.6) is 5.75 Å². The Balaban J connectivity index is 1.40. The summed E-state index contributed by atoms with van der Waals surface area (Å²) in [6.07, 6.45) is 2.69. The average molecular weight is 477 g/mol. The highest BCUT2D eigenvalue weighted by Gasteiger charge is 2.17. The van der Waals surface area contributed by atoms with Crippen LogP contribution in [0.25, 0.3) is 17.1 Å². The maximum Gasteiger partial charge on any atom is 0.338 e. The highest BCUT2D eigenvalue weighted by molar-refractivity contribution is 7.99. The lowest BCUT2D eigenvalue weighted by atomic mass is 10.2. The Kier molecular flexibility index (Phi) is 7.90. The number of thioether (sulfide) groups is 1. The summed E-state index contributed by atoms with van der Waals surface area (Å²) in [5.41, 5.74) is 2.28. The van der Waals surface area contributed by atoms with E-state index in [4.69, 9.17) is 9.47 Å². The summed E-state index contributed by atoms with van der Waals surface area (Å²) in [6.45, 7) is 2.18. The third-order valence-corrected chi connectivity index (χ3v) is 5.87. The van der Waals surface area contributed by atoms with Crippen molar-refractivity contribution in [3.05, 3.63) is 84.7 Å². The number of rotatable bonds is 10. The fraction of sp³-hybridized carbons (Fsp3) is 0.200. The minimum absolute atomic E-state index is 0.0996. The first-order valence-electron chi connectivity index (χ1n) is 10.8. The van der Waals surface area contributed by atoms with E-state index in [2.05, 4.69) is 15.2 Å². The minimum atomic E-state index is -0.736. The number of aliphatic hydroxyl groups excluding tert-OH is 1. The van der Waals surface area contributed by atoms with Crippen LogP contribution in [0.3, 0.4) is 0 Å². The molecule has 0 saturated heterocycles. The highest BCUT2D eigenvalue weighted by Crippen LogP contribution is 2.28. The molecule has 2 heterocycles. The zero-order valence-corrected chi connectivity index (χ0v) is 19.4. The quantitative estimate of drug-likeness (QED) is 0.270. The van der Waals surface area contributed by atoms with E-state index in [0.29, 0.717) is 34.7 Å². The number of ether oxygens (including phenoxy) is 2. The second-order valence-electron chi connectivity index (χ2n) is 7.23. The van der Waals surface area contributed by atoms with Gasteiger partial charge in [0.05, 0.1) is 18.3 Å². The van der Waals surface area contributed by atoms with Gasteiger partial charge in [0, 0.05) is 29.4 Å². The van der Waals surface area contributed by atoms with Crippen molar-refractivity contribution >= 4 is 17.7 Å². The molecule has 0 bridgehead atoms. The predicted octanol–water partition coefficient (Wildman–Crippen LogP) is 4.04. The number of carbonyl (C=O) groups is 1. The van der Waals surface area contributed by atoms with Gasteiger partial charge in [0.25, 0.3) is 0 Å². The molecule has 0 aliphatic heterocycles. The van der Waals surface area contributed by atoms with E-state index >= 15 is 0 Å². The van der Waals surface area contributed by atoms with E-state index in [0.717, 1.165) is 11.3 Å².